The van der Waals surface area contributed by atoms with Gasteiger partial charge in [-0.3, -0.25) is 0 Å². The van der Waals surface area contributed by atoms with Gasteiger partial charge in [-0.1, -0.05) is 19.9 Å². The van der Waals surface area contributed by atoms with Crippen LogP contribution in [0.5, 0.6) is 5.75 Å². The third-order valence-electron chi connectivity index (χ3n) is 2.25. The zero-order chi connectivity index (χ0) is 10.6. The van der Waals surface area contributed by atoms with E-state index < -0.39 is 0 Å². The van der Waals surface area contributed by atoms with E-state index in [-0.39, 0.29) is 0 Å². The number of rotatable bonds is 4. The van der Waals surface area contributed by atoms with Gasteiger partial charge in [-0.25, -0.2) is 0 Å². The number of ether oxygens (including phenoxy) is 1. The summed E-state index contributed by atoms with van der Waals surface area (Å²) in [5.41, 5.74) is 8.03. The van der Waals surface area contributed by atoms with E-state index in [1.807, 2.05) is 6.07 Å². The number of aryl methyl sites for hydroxylation is 1. The monoisotopic (exact) mass is 193 g/mol. The maximum Gasteiger partial charge on any atom is 0.119 e. The van der Waals surface area contributed by atoms with Crippen LogP contribution in [-0.2, 0) is 0 Å². The molecule has 0 heterocycles. The molecule has 0 fully saturated rings. The van der Waals surface area contributed by atoms with Crippen LogP contribution in [0.1, 0.15) is 30.9 Å². The zero-order valence-corrected chi connectivity index (χ0v) is 9.21. The summed E-state index contributed by atoms with van der Waals surface area (Å²) in [7, 11) is 0. The fourth-order valence-electron chi connectivity index (χ4n) is 1.56. The summed E-state index contributed by atoms with van der Waals surface area (Å²) in [5, 5.41) is 0. The molecule has 0 aromatic heterocycles. The van der Waals surface area contributed by atoms with E-state index in [4.69, 9.17) is 10.5 Å². The summed E-state index contributed by atoms with van der Waals surface area (Å²) in [5.74, 6) is 1.48. The summed E-state index contributed by atoms with van der Waals surface area (Å²) in [4.78, 5) is 0. The molecule has 0 unspecified atom stereocenters. The second-order valence-corrected chi connectivity index (χ2v) is 3.81. The van der Waals surface area contributed by atoms with Crippen LogP contribution in [0.15, 0.2) is 18.2 Å². The number of hydrogen-bond acceptors (Lipinski definition) is 2. The molecule has 0 aliphatic carbocycles. The average molecular weight is 193 g/mol. The van der Waals surface area contributed by atoms with Crippen LogP contribution in [0.25, 0.3) is 0 Å². The summed E-state index contributed by atoms with van der Waals surface area (Å²) < 4.78 is 5.45. The van der Waals surface area contributed by atoms with Crippen molar-refractivity contribution in [3.63, 3.8) is 0 Å². The Balaban J connectivity index is 2.78. The van der Waals surface area contributed by atoms with Gasteiger partial charge in [0.05, 0.1) is 0 Å². The topological polar surface area (TPSA) is 35.2 Å². The van der Waals surface area contributed by atoms with E-state index in [9.17, 15) is 0 Å². The van der Waals surface area contributed by atoms with Gasteiger partial charge in [-0.05, 0) is 36.1 Å². The van der Waals surface area contributed by atoms with Gasteiger partial charge >= 0.3 is 0 Å². The van der Waals surface area contributed by atoms with E-state index in [2.05, 4.69) is 32.9 Å². The quantitative estimate of drug-likeness (QED) is 0.797. The summed E-state index contributed by atoms with van der Waals surface area (Å²) in [6, 6.07) is 6.22. The van der Waals surface area contributed by atoms with Crippen LogP contribution >= 0.6 is 0 Å². The molecule has 0 bridgehead atoms. The van der Waals surface area contributed by atoms with E-state index in [0.29, 0.717) is 19.1 Å². The van der Waals surface area contributed by atoms with Gasteiger partial charge in [-0.2, -0.15) is 0 Å². The fourth-order valence-corrected chi connectivity index (χ4v) is 1.56. The van der Waals surface area contributed by atoms with Crippen molar-refractivity contribution in [1.82, 2.24) is 0 Å². The third kappa shape index (κ3) is 2.74. The Kier molecular flexibility index (Phi) is 3.96. The maximum absolute atomic E-state index is 5.45. The highest BCUT2D eigenvalue weighted by molar-refractivity contribution is 5.36. The van der Waals surface area contributed by atoms with Crippen LogP contribution < -0.4 is 10.5 Å². The van der Waals surface area contributed by atoms with E-state index >= 15 is 0 Å². The molecule has 0 atom stereocenters. The van der Waals surface area contributed by atoms with Crippen LogP contribution in [0, 0.1) is 6.92 Å². The number of benzene rings is 1. The van der Waals surface area contributed by atoms with Crippen LogP contribution in [0.2, 0.25) is 0 Å². The summed E-state index contributed by atoms with van der Waals surface area (Å²) in [6.07, 6.45) is 0. The Morgan fingerprint density at radius 1 is 1.36 bits per heavy atom. The highest BCUT2D eigenvalue weighted by Gasteiger charge is 2.04. The predicted molar refractivity (Wildman–Crippen MR) is 59.8 cm³/mol. The van der Waals surface area contributed by atoms with Gasteiger partial charge in [0.1, 0.15) is 12.4 Å². The molecule has 1 rings (SSSR count). The van der Waals surface area contributed by atoms with Gasteiger partial charge < -0.3 is 10.5 Å². The number of nitrogens with two attached hydrogens (primary N) is 1. The molecular formula is C12H19NO. The lowest BCUT2D eigenvalue weighted by atomic mass is 9.98. The van der Waals surface area contributed by atoms with E-state index in [1.54, 1.807) is 0 Å². The molecule has 0 radical (unpaired) electrons. The van der Waals surface area contributed by atoms with Crippen LogP contribution in [-0.4, -0.2) is 13.2 Å². The molecule has 0 aliphatic rings. The summed E-state index contributed by atoms with van der Waals surface area (Å²) in [6.45, 7) is 7.65. The average Bonchev–Trinajstić information content (AvgIpc) is 2.14. The van der Waals surface area contributed by atoms with E-state index in [0.717, 1.165) is 5.75 Å². The Bertz CT molecular complexity index is 294. The molecule has 2 heteroatoms. The molecule has 1 aromatic carbocycles. The maximum atomic E-state index is 5.45. The van der Waals surface area contributed by atoms with Crippen molar-refractivity contribution in [1.29, 1.82) is 0 Å². The summed E-state index contributed by atoms with van der Waals surface area (Å²) >= 11 is 0. The second kappa shape index (κ2) is 5.01. The van der Waals surface area contributed by atoms with Crippen LogP contribution in [0.3, 0.4) is 0 Å². The molecule has 14 heavy (non-hydrogen) atoms. The van der Waals surface area contributed by atoms with Gasteiger partial charge in [0.25, 0.3) is 0 Å². The Labute approximate surface area is 86.1 Å². The molecule has 2 N–H and O–H groups in total. The Morgan fingerprint density at radius 2 is 2.07 bits per heavy atom. The first-order valence-corrected chi connectivity index (χ1v) is 5.08. The molecule has 0 amide bonds. The molecule has 0 spiro atoms. The third-order valence-corrected chi connectivity index (χ3v) is 2.25. The minimum atomic E-state index is 0.560. The lowest BCUT2D eigenvalue weighted by molar-refractivity contribution is 0.328. The first-order valence-electron chi connectivity index (χ1n) is 5.08. The molecular weight excluding hydrogens is 174 g/mol. The van der Waals surface area contributed by atoms with Gasteiger partial charge in [0.2, 0.25) is 0 Å². The van der Waals surface area contributed by atoms with Crippen molar-refractivity contribution in [2.75, 3.05) is 13.2 Å². The zero-order valence-electron chi connectivity index (χ0n) is 9.21. The molecule has 0 saturated carbocycles. The Morgan fingerprint density at radius 3 is 2.57 bits per heavy atom. The van der Waals surface area contributed by atoms with Gasteiger partial charge in [0, 0.05) is 6.54 Å². The number of hydrogen-bond donors (Lipinski definition) is 1. The largest absolute Gasteiger partial charge is 0.492 e. The normalized spacial score (nSPS) is 10.6. The van der Waals surface area contributed by atoms with Crippen molar-refractivity contribution in [3.05, 3.63) is 29.3 Å². The second-order valence-electron chi connectivity index (χ2n) is 3.81. The van der Waals surface area contributed by atoms with Crippen molar-refractivity contribution in [2.24, 2.45) is 5.73 Å². The SMILES string of the molecule is Cc1cc(OCCN)ccc1C(C)C. The van der Waals surface area contributed by atoms with Crippen molar-refractivity contribution in [3.8, 4) is 5.75 Å². The minimum absolute atomic E-state index is 0.560. The van der Waals surface area contributed by atoms with Gasteiger partial charge in [0.15, 0.2) is 0 Å². The highest BCUT2D eigenvalue weighted by atomic mass is 16.5. The van der Waals surface area contributed by atoms with Crippen LogP contribution in [0.4, 0.5) is 0 Å². The van der Waals surface area contributed by atoms with Crippen molar-refractivity contribution >= 4 is 0 Å². The Hall–Kier alpha value is -1.02. The molecule has 78 valence electrons. The molecule has 1 aromatic rings. The standard InChI is InChI=1S/C12H19NO/c1-9(2)12-5-4-11(8-10(12)3)14-7-6-13/h4-5,8-9H,6-7,13H2,1-3H3. The van der Waals surface area contributed by atoms with Gasteiger partial charge in [-0.15, -0.1) is 0 Å². The first kappa shape index (κ1) is 11.1. The van der Waals surface area contributed by atoms with E-state index in [1.165, 1.54) is 11.1 Å². The lowest BCUT2D eigenvalue weighted by Gasteiger charge is -2.11. The van der Waals surface area contributed by atoms with Crippen molar-refractivity contribution < 1.29 is 4.74 Å². The molecule has 0 aliphatic heterocycles. The molecule has 0 saturated heterocycles. The lowest BCUT2D eigenvalue weighted by Crippen LogP contribution is -2.10. The smallest absolute Gasteiger partial charge is 0.119 e. The highest BCUT2D eigenvalue weighted by Crippen LogP contribution is 2.23. The predicted octanol–water partition coefficient (Wildman–Crippen LogP) is 2.46. The minimum Gasteiger partial charge on any atom is -0.492 e. The van der Waals surface area contributed by atoms with Crippen molar-refractivity contribution in [2.45, 2.75) is 26.7 Å². The fraction of sp³-hybridized carbons (Fsp3) is 0.500. The first-order chi connectivity index (χ1) is 6.65. The molecule has 2 nitrogen and oxygen atoms in total.